The van der Waals surface area contributed by atoms with E-state index in [2.05, 4.69) is 20.8 Å². The summed E-state index contributed by atoms with van der Waals surface area (Å²) in [4.78, 5) is 12.7. The van der Waals surface area contributed by atoms with Gasteiger partial charge in [-0.3, -0.25) is 4.79 Å². The first-order valence-corrected chi connectivity index (χ1v) is 7.44. The molecule has 0 unspecified atom stereocenters. The number of aromatic nitrogens is 4. The van der Waals surface area contributed by atoms with Crippen LogP contribution >= 0.6 is 23.2 Å². The first kappa shape index (κ1) is 15.5. The number of carbonyl (C=O) groups is 1. The number of hydrogen-bond acceptors (Lipinski definition) is 4. The Morgan fingerprint density at radius 1 is 1.09 bits per heavy atom. The second-order valence-corrected chi connectivity index (χ2v) is 5.54. The summed E-state index contributed by atoms with van der Waals surface area (Å²) in [5, 5.41) is 14.6. The third kappa shape index (κ3) is 3.49. The number of amides is 1. The van der Waals surface area contributed by atoms with E-state index in [9.17, 15) is 4.79 Å². The largest absolute Gasteiger partial charge is 0.324 e. The van der Waals surface area contributed by atoms with E-state index >= 15 is 0 Å². The van der Waals surface area contributed by atoms with Crippen LogP contribution in [0.1, 0.15) is 11.6 Å². The van der Waals surface area contributed by atoms with Crippen LogP contribution in [0.3, 0.4) is 0 Å². The number of hydrogen-bond donors (Lipinski definition) is 1. The minimum absolute atomic E-state index is 0.290. The fourth-order valence-electron chi connectivity index (χ4n) is 2.13. The van der Waals surface area contributed by atoms with Crippen molar-refractivity contribution in [3.05, 3.63) is 70.5 Å². The fourth-order valence-corrected chi connectivity index (χ4v) is 2.43. The minimum atomic E-state index is -0.694. The maximum atomic E-state index is 12.7. The molecule has 23 heavy (non-hydrogen) atoms. The van der Waals surface area contributed by atoms with Crippen LogP contribution in [0, 0.1) is 0 Å². The van der Waals surface area contributed by atoms with Crippen LogP contribution in [0.2, 0.25) is 10.0 Å². The zero-order chi connectivity index (χ0) is 16.2. The van der Waals surface area contributed by atoms with Crippen LogP contribution in [-0.2, 0) is 4.79 Å². The molecule has 0 radical (unpaired) electrons. The molecule has 116 valence electrons. The van der Waals surface area contributed by atoms with Crippen LogP contribution in [0.5, 0.6) is 0 Å². The van der Waals surface area contributed by atoms with Crippen molar-refractivity contribution in [2.24, 2.45) is 0 Å². The number of carbonyl (C=O) groups excluding carboxylic acids is 1. The number of benzene rings is 2. The summed E-state index contributed by atoms with van der Waals surface area (Å²) >= 11 is 11.9. The molecule has 2 aromatic carbocycles. The Hall–Kier alpha value is -2.44. The van der Waals surface area contributed by atoms with Crippen molar-refractivity contribution in [2.75, 3.05) is 5.32 Å². The lowest BCUT2D eigenvalue weighted by atomic mass is 10.1. The smallest absolute Gasteiger partial charge is 0.253 e. The average molecular weight is 348 g/mol. The summed E-state index contributed by atoms with van der Waals surface area (Å²) in [5.74, 6) is -0.290. The standard InChI is InChI=1S/C15H11Cl2N5O/c16-12-7-6-11(8-13(12)17)19-15(23)14(22-9-18-20-21-22)10-4-2-1-3-5-10/h1-9,14H,(H,19,23)/t14-/m1/s1. The van der Waals surface area contributed by atoms with Gasteiger partial charge in [0, 0.05) is 5.69 Å². The highest BCUT2D eigenvalue weighted by molar-refractivity contribution is 6.42. The number of rotatable bonds is 4. The fraction of sp³-hybridized carbons (Fsp3) is 0.0667. The molecule has 0 saturated heterocycles. The molecule has 0 aliphatic heterocycles. The van der Waals surface area contributed by atoms with Gasteiger partial charge in [0.15, 0.2) is 6.04 Å². The Balaban J connectivity index is 1.90. The van der Waals surface area contributed by atoms with E-state index in [0.717, 1.165) is 5.56 Å². The molecule has 1 amide bonds. The average Bonchev–Trinajstić information content (AvgIpc) is 3.06. The third-order valence-electron chi connectivity index (χ3n) is 3.18. The molecule has 0 saturated carbocycles. The lowest BCUT2D eigenvalue weighted by Gasteiger charge is -2.16. The van der Waals surface area contributed by atoms with Gasteiger partial charge in [-0.15, -0.1) is 5.10 Å². The highest BCUT2D eigenvalue weighted by Crippen LogP contribution is 2.26. The van der Waals surface area contributed by atoms with Crippen LogP contribution in [-0.4, -0.2) is 26.1 Å². The van der Waals surface area contributed by atoms with Gasteiger partial charge in [0.2, 0.25) is 0 Å². The third-order valence-corrected chi connectivity index (χ3v) is 3.92. The van der Waals surface area contributed by atoms with Crippen molar-refractivity contribution < 1.29 is 4.79 Å². The van der Waals surface area contributed by atoms with E-state index in [1.807, 2.05) is 30.3 Å². The van der Waals surface area contributed by atoms with Gasteiger partial charge in [0.25, 0.3) is 5.91 Å². The summed E-state index contributed by atoms with van der Waals surface area (Å²) in [6, 6.07) is 13.4. The van der Waals surface area contributed by atoms with Crippen LogP contribution in [0.25, 0.3) is 0 Å². The summed E-state index contributed by atoms with van der Waals surface area (Å²) in [5.41, 5.74) is 1.30. The van der Waals surface area contributed by atoms with Crippen molar-refractivity contribution in [2.45, 2.75) is 6.04 Å². The van der Waals surface area contributed by atoms with Gasteiger partial charge in [-0.1, -0.05) is 53.5 Å². The van der Waals surface area contributed by atoms with Crippen molar-refractivity contribution in [1.29, 1.82) is 0 Å². The molecular formula is C15H11Cl2N5O. The van der Waals surface area contributed by atoms with Gasteiger partial charge >= 0.3 is 0 Å². The first-order chi connectivity index (χ1) is 11.1. The summed E-state index contributed by atoms with van der Waals surface area (Å²) in [7, 11) is 0. The molecular weight excluding hydrogens is 337 g/mol. The summed E-state index contributed by atoms with van der Waals surface area (Å²) in [6.45, 7) is 0. The Labute approximate surface area is 142 Å². The van der Waals surface area contributed by atoms with Crippen molar-refractivity contribution in [3.63, 3.8) is 0 Å². The molecule has 6 nitrogen and oxygen atoms in total. The van der Waals surface area contributed by atoms with Gasteiger partial charge in [0.1, 0.15) is 6.33 Å². The normalized spacial score (nSPS) is 11.9. The molecule has 0 aliphatic carbocycles. The molecule has 1 N–H and O–H groups in total. The second kappa shape index (κ2) is 6.76. The van der Waals surface area contributed by atoms with Crippen molar-refractivity contribution in [1.82, 2.24) is 20.2 Å². The Bertz CT molecular complexity index is 808. The van der Waals surface area contributed by atoms with Crippen LogP contribution in [0.4, 0.5) is 5.69 Å². The molecule has 1 heterocycles. The van der Waals surface area contributed by atoms with Gasteiger partial charge in [0.05, 0.1) is 10.0 Å². The Morgan fingerprint density at radius 3 is 2.52 bits per heavy atom. The molecule has 0 fully saturated rings. The number of anilines is 1. The second-order valence-electron chi connectivity index (χ2n) is 4.72. The number of halogens is 2. The van der Waals surface area contributed by atoms with E-state index in [0.29, 0.717) is 15.7 Å². The molecule has 1 aromatic heterocycles. The van der Waals surface area contributed by atoms with Crippen molar-refractivity contribution in [3.8, 4) is 0 Å². The topological polar surface area (TPSA) is 72.7 Å². The van der Waals surface area contributed by atoms with E-state index in [4.69, 9.17) is 23.2 Å². The maximum absolute atomic E-state index is 12.7. The predicted molar refractivity (Wildman–Crippen MR) is 87.5 cm³/mol. The van der Waals surface area contributed by atoms with Gasteiger partial charge in [-0.2, -0.15) is 0 Å². The zero-order valence-corrected chi connectivity index (χ0v) is 13.2. The molecule has 3 rings (SSSR count). The van der Waals surface area contributed by atoms with E-state index in [1.165, 1.54) is 11.0 Å². The molecule has 3 aromatic rings. The highest BCUT2D eigenvalue weighted by atomic mass is 35.5. The quantitative estimate of drug-likeness (QED) is 0.786. The molecule has 0 aliphatic rings. The predicted octanol–water partition coefficient (Wildman–Crippen LogP) is 3.21. The summed E-state index contributed by atoms with van der Waals surface area (Å²) in [6.07, 6.45) is 1.39. The van der Waals surface area contributed by atoms with E-state index < -0.39 is 6.04 Å². The molecule has 0 spiro atoms. The van der Waals surface area contributed by atoms with Gasteiger partial charge in [-0.25, -0.2) is 4.68 Å². The van der Waals surface area contributed by atoms with Crippen molar-refractivity contribution >= 4 is 34.8 Å². The minimum Gasteiger partial charge on any atom is -0.324 e. The first-order valence-electron chi connectivity index (χ1n) is 6.68. The Kier molecular flexibility index (Phi) is 4.55. The lowest BCUT2D eigenvalue weighted by Crippen LogP contribution is -2.27. The van der Waals surface area contributed by atoms with Crippen LogP contribution < -0.4 is 5.32 Å². The number of tetrazole rings is 1. The lowest BCUT2D eigenvalue weighted by molar-refractivity contribution is -0.118. The summed E-state index contributed by atoms with van der Waals surface area (Å²) < 4.78 is 1.39. The molecule has 8 heteroatoms. The van der Waals surface area contributed by atoms with Gasteiger partial charge in [-0.05, 0) is 34.2 Å². The monoisotopic (exact) mass is 347 g/mol. The number of nitrogens with zero attached hydrogens (tertiary/aromatic N) is 4. The Morgan fingerprint density at radius 2 is 1.87 bits per heavy atom. The maximum Gasteiger partial charge on any atom is 0.253 e. The highest BCUT2D eigenvalue weighted by Gasteiger charge is 2.24. The van der Waals surface area contributed by atoms with Crippen LogP contribution in [0.15, 0.2) is 54.9 Å². The molecule has 0 bridgehead atoms. The van der Waals surface area contributed by atoms with E-state index in [1.54, 1.807) is 18.2 Å². The SMILES string of the molecule is O=C(Nc1ccc(Cl)c(Cl)c1)[C@@H](c1ccccc1)n1cnnn1. The van der Waals surface area contributed by atoms with Gasteiger partial charge < -0.3 is 5.32 Å². The number of nitrogens with one attached hydrogen (secondary N) is 1. The molecule has 1 atom stereocenters. The van der Waals surface area contributed by atoms with E-state index in [-0.39, 0.29) is 5.91 Å². The zero-order valence-electron chi connectivity index (χ0n) is 11.7.